The number of nitrogens with zero attached hydrogens (tertiary/aromatic N) is 6. The number of hydrogen-bond donors (Lipinski definition) is 11. The number of pyridine rings is 4. The van der Waals surface area contributed by atoms with Gasteiger partial charge in [-0.25, -0.2) is 23.7 Å². The van der Waals surface area contributed by atoms with Crippen LogP contribution in [-0.4, -0.2) is 142 Å². The largest absolute Gasteiger partial charge is 0.394 e. The van der Waals surface area contributed by atoms with Gasteiger partial charge in [-0.3, -0.25) is 0 Å². The number of aliphatic hydroxyl groups is 8. The fourth-order valence-electron chi connectivity index (χ4n) is 9.92. The Kier molecular flexibility index (Phi) is 15.5. The lowest BCUT2D eigenvalue weighted by Gasteiger charge is -2.42. The van der Waals surface area contributed by atoms with Crippen LogP contribution in [0.1, 0.15) is 22.8 Å². The van der Waals surface area contributed by atoms with Gasteiger partial charge in [0.2, 0.25) is 0 Å². The molecule has 0 aromatic carbocycles. The van der Waals surface area contributed by atoms with E-state index in [0.717, 1.165) is 89.4 Å². The first-order valence-electron chi connectivity index (χ1n) is 25.2. The Morgan fingerprint density at radius 1 is 0.553 bits per heavy atom. The molecule has 19 heteroatoms. The molecule has 7 aromatic rings. The van der Waals surface area contributed by atoms with Crippen LogP contribution in [0.4, 0.5) is 0 Å². The number of aliphatic hydroxyl groups excluding tert-OH is 8. The van der Waals surface area contributed by atoms with Crippen LogP contribution in [0.3, 0.4) is 0 Å². The Hall–Kier alpha value is -7.24. The van der Waals surface area contributed by atoms with Crippen molar-refractivity contribution in [1.29, 1.82) is 0 Å². The van der Waals surface area contributed by atoms with Gasteiger partial charge >= 0.3 is 0 Å². The van der Waals surface area contributed by atoms with Crippen molar-refractivity contribution < 1.29 is 73.9 Å². The lowest BCUT2D eigenvalue weighted by atomic mass is 9.98. The zero-order valence-corrected chi connectivity index (χ0v) is 42.2. The number of aryl methyl sites for hydroxylation is 3. The highest BCUT2D eigenvalue weighted by atomic mass is 16.7. The summed E-state index contributed by atoms with van der Waals surface area (Å²) in [6.45, 7) is -0.676. The number of hydrogen-bond acceptors (Lipinski definition) is 12. The summed E-state index contributed by atoms with van der Waals surface area (Å²) in [6, 6.07) is 25.1. The van der Waals surface area contributed by atoms with E-state index in [2.05, 4.69) is 82.8 Å². The second-order valence-corrected chi connectivity index (χ2v) is 19.5. The lowest BCUT2D eigenvalue weighted by molar-refractivity contribution is -0.755. The Labute approximate surface area is 437 Å². The molecule has 1 fully saturated rings. The normalized spacial score (nSPS) is 19.9. The van der Waals surface area contributed by atoms with E-state index < -0.39 is 68.3 Å². The number of ether oxygens (including phenoxy) is 2. The third kappa shape index (κ3) is 10.8. The predicted octanol–water partition coefficient (Wildman–Crippen LogP) is -0.0919. The molecule has 0 radical (unpaired) electrons. The van der Waals surface area contributed by atoms with E-state index in [-0.39, 0.29) is 6.54 Å². The van der Waals surface area contributed by atoms with Gasteiger partial charge in [-0.1, -0.05) is 0 Å². The molecule has 0 spiro atoms. The second kappa shape index (κ2) is 22.5. The van der Waals surface area contributed by atoms with Crippen molar-refractivity contribution in [3.05, 3.63) is 145 Å². The Morgan fingerprint density at radius 2 is 0.974 bits per heavy atom. The van der Waals surface area contributed by atoms with Crippen molar-refractivity contribution in [1.82, 2.24) is 19.9 Å². The first kappa shape index (κ1) is 52.2. The number of fused-ring (bicyclic) bond motifs is 8. The Morgan fingerprint density at radius 3 is 1.43 bits per heavy atom. The third-order valence-electron chi connectivity index (χ3n) is 14.2. The molecule has 0 amide bonds. The number of H-pyrrole nitrogens is 2. The molecule has 0 aliphatic carbocycles. The van der Waals surface area contributed by atoms with Crippen LogP contribution in [-0.2, 0) is 37.2 Å². The maximum atomic E-state index is 11.1. The van der Waals surface area contributed by atoms with E-state index in [9.17, 15) is 40.9 Å². The van der Waals surface area contributed by atoms with Gasteiger partial charge in [0.25, 0.3) is 0 Å². The predicted molar refractivity (Wildman–Crippen MR) is 280 cm³/mol. The Bertz CT molecular complexity index is 3270. The van der Waals surface area contributed by atoms with E-state index >= 15 is 0 Å². The molecule has 76 heavy (non-hydrogen) atoms. The summed E-state index contributed by atoms with van der Waals surface area (Å²) in [5, 5.41) is 84.6. The molecule has 12 N–H and O–H groups in total. The van der Waals surface area contributed by atoms with Crippen molar-refractivity contribution in [3.63, 3.8) is 0 Å². The smallest absolute Gasteiger partial charge is 0.196 e. The van der Waals surface area contributed by atoms with Crippen LogP contribution in [0.25, 0.3) is 90.9 Å². The molecule has 0 unspecified atom stereocenters. The van der Waals surface area contributed by atoms with Gasteiger partial charge in [0.05, 0.1) is 36.0 Å². The molecule has 1 saturated heterocycles. The van der Waals surface area contributed by atoms with Gasteiger partial charge < -0.3 is 65.6 Å². The minimum Gasteiger partial charge on any atom is -0.394 e. The van der Waals surface area contributed by atoms with E-state index in [4.69, 9.17) is 19.4 Å². The average molecular weight is 1040 g/mol. The summed E-state index contributed by atoms with van der Waals surface area (Å²) in [7, 11) is 5.99. The summed E-state index contributed by atoms with van der Waals surface area (Å²) in [5.74, 6) is 0. The summed E-state index contributed by atoms with van der Waals surface area (Å²) < 4.78 is 19.0. The molecule has 3 aliphatic rings. The number of aromatic amines is 2. The maximum Gasteiger partial charge on any atom is 0.196 e. The fourth-order valence-corrected chi connectivity index (χ4v) is 9.92. The first-order valence-corrected chi connectivity index (χ1v) is 25.2. The minimum atomic E-state index is -1.83. The number of rotatable bonds is 16. The van der Waals surface area contributed by atoms with Crippen LogP contribution in [0.5, 0.6) is 0 Å². The van der Waals surface area contributed by atoms with Crippen LogP contribution < -0.4 is 23.6 Å². The molecule has 0 saturated carbocycles. The van der Waals surface area contributed by atoms with Gasteiger partial charge in [-0.15, -0.1) is 0 Å². The van der Waals surface area contributed by atoms with E-state index in [1.165, 1.54) is 0 Å². The first-order chi connectivity index (χ1) is 36.8. The monoisotopic (exact) mass is 1030 g/mol. The van der Waals surface area contributed by atoms with Crippen molar-refractivity contribution >= 4 is 46.4 Å². The molecule has 7 aromatic heterocycles. The highest BCUT2D eigenvalue weighted by molar-refractivity contribution is 6.00. The van der Waals surface area contributed by atoms with Gasteiger partial charge in [0, 0.05) is 92.9 Å². The molecule has 8 bridgehead atoms. The minimum absolute atomic E-state index is 0.0414. The van der Waals surface area contributed by atoms with Crippen molar-refractivity contribution in [2.45, 2.75) is 61.7 Å². The molecule has 3 aliphatic heterocycles. The number of quaternary nitrogens is 1. The van der Waals surface area contributed by atoms with Crippen molar-refractivity contribution in [2.24, 2.45) is 21.1 Å². The van der Waals surface area contributed by atoms with Gasteiger partial charge in [0.15, 0.2) is 62.4 Å². The molecule has 392 valence electrons. The topological polar surface area (TPSA) is 270 Å². The van der Waals surface area contributed by atoms with Crippen LogP contribution in [0.2, 0.25) is 0 Å². The fraction of sp³-hybridized carbons (Fsp3) is 0.298. The molecule has 10 rings (SSSR count). The quantitative estimate of drug-likeness (QED) is 0.0448. The summed E-state index contributed by atoms with van der Waals surface area (Å²) in [4.78, 5) is 18.5. The number of nitrogens with one attached hydrogen (secondary N) is 2. The maximum absolute atomic E-state index is 11.1. The highest BCUT2D eigenvalue weighted by Crippen LogP contribution is 2.38. The highest BCUT2D eigenvalue weighted by Gasteiger charge is 2.47. The lowest BCUT2D eigenvalue weighted by Crippen LogP contribution is -2.88. The summed E-state index contributed by atoms with van der Waals surface area (Å²) in [5.41, 5.74) is 14.3. The standard InChI is InChI=1S/C57H62N9O10/c1-63-21-12-33(13-22-63)48-37-4-6-39(59-37)49(34-14-23-64(2)24-15-34)41-8-10-43(61-41)51(44-11-9-42(62-44)50(40-7-5-38(48)60-40)35-16-25-65(3)26-17-35)36-18-27-66(28-19-36)29-20-58-30-45(69)52(71)56(46(70)31-67)76-57-55(74)54(73)53(72)47(32-68)75-57/h4-19,21-28,45-47,52-58,67-74H,20,29-32H2,1-3H3,(H,59,60,61,62)/q+3/p+2/t45-,46+,47+,52+,53+,54-,55+,56+,57+/m0/s1. The Balaban J connectivity index is 1.00. The summed E-state index contributed by atoms with van der Waals surface area (Å²) >= 11 is 0. The van der Waals surface area contributed by atoms with E-state index in [1.54, 1.807) is 5.32 Å². The average Bonchev–Trinajstić information content (AvgIpc) is 4.31. The molecule has 9 atom stereocenters. The van der Waals surface area contributed by atoms with Crippen LogP contribution >= 0.6 is 0 Å². The summed E-state index contributed by atoms with van der Waals surface area (Å²) in [6.07, 6.45) is 9.39. The number of aromatic nitrogens is 8. The molecule has 10 heterocycles. The zero-order chi connectivity index (χ0) is 53.2. The van der Waals surface area contributed by atoms with Gasteiger partial charge in [0.1, 0.15) is 83.1 Å². The van der Waals surface area contributed by atoms with Gasteiger partial charge in [-0.2, -0.15) is 4.57 Å². The van der Waals surface area contributed by atoms with Crippen LogP contribution in [0.15, 0.2) is 122 Å². The van der Waals surface area contributed by atoms with Gasteiger partial charge in [-0.05, 0) is 70.8 Å². The SMILES string of the molecule is C[n+]1ccc(-c2c3nc(c(-c4cc[n+](CC[NH2+]C[C@H](O)[C@@H](O)[C@H](O[C@H]5O[C@H](CO)[C@@H](O)[C@H](O)[C@H]5O)[C@H](O)CO)cc4)c4nc(c(-c5cc[n+](C)cc5)c5ccc([nH]5)c(-c5cc[n+](C)cc5)c5ccc2[nH]5)C=C4)C=C3)cc1. The number of nitrogens with two attached hydrogens (primary N) is 1. The van der Waals surface area contributed by atoms with E-state index in [0.29, 0.717) is 13.1 Å². The van der Waals surface area contributed by atoms with Crippen molar-refractivity contribution in [2.75, 3.05) is 26.3 Å². The molecular weight excluding hydrogens is 971 g/mol. The molecule has 19 nitrogen and oxygen atoms in total. The molecular formula is C57H64N9O10+5. The second-order valence-electron chi connectivity index (χ2n) is 19.5. The third-order valence-corrected chi connectivity index (χ3v) is 14.2. The van der Waals surface area contributed by atoms with E-state index in [1.807, 2.05) is 113 Å². The van der Waals surface area contributed by atoms with Crippen LogP contribution in [0, 0.1) is 0 Å². The van der Waals surface area contributed by atoms with Crippen molar-refractivity contribution in [3.8, 4) is 44.5 Å². The zero-order valence-electron chi connectivity index (χ0n) is 42.2.